The fourth-order valence-electron chi connectivity index (χ4n) is 3.12. The van der Waals surface area contributed by atoms with E-state index in [1.807, 2.05) is 12.1 Å². The van der Waals surface area contributed by atoms with Gasteiger partial charge >= 0.3 is 6.03 Å². The van der Waals surface area contributed by atoms with Crippen molar-refractivity contribution in [2.24, 2.45) is 0 Å². The molecule has 0 spiro atoms. The largest absolute Gasteiger partial charge is 0.337 e. The minimum Gasteiger partial charge on any atom is -0.337 e. The third kappa shape index (κ3) is 3.64. The Hall–Kier alpha value is -3.30. The van der Waals surface area contributed by atoms with Crippen LogP contribution in [0, 0.1) is 0 Å². The van der Waals surface area contributed by atoms with Crippen LogP contribution in [0.4, 0.5) is 10.7 Å². The van der Waals surface area contributed by atoms with Crippen molar-refractivity contribution in [3.8, 4) is 11.4 Å². The Labute approximate surface area is 155 Å². The average molecular weight is 368 g/mol. The fraction of sp³-hybridized carbons (Fsp3) is 0.412. The van der Waals surface area contributed by atoms with Gasteiger partial charge in [0.2, 0.25) is 17.7 Å². The van der Waals surface area contributed by atoms with Crippen LogP contribution in [0.3, 0.4) is 0 Å². The van der Waals surface area contributed by atoms with E-state index in [1.165, 1.54) is 0 Å². The van der Waals surface area contributed by atoms with Gasteiger partial charge in [-0.1, -0.05) is 12.1 Å². The molecule has 0 radical (unpaired) electrons. The van der Waals surface area contributed by atoms with Gasteiger partial charge in [0.25, 0.3) is 0 Å². The molecule has 3 aromatic heterocycles. The lowest BCUT2D eigenvalue weighted by Gasteiger charge is -2.21. The Morgan fingerprint density at radius 1 is 1.37 bits per heavy atom. The number of pyridine rings is 1. The number of aromatic nitrogens is 6. The van der Waals surface area contributed by atoms with Crippen molar-refractivity contribution >= 4 is 12.0 Å². The summed E-state index contributed by atoms with van der Waals surface area (Å²) in [5, 5.41) is 13.6. The molecule has 140 valence electrons. The van der Waals surface area contributed by atoms with E-state index in [4.69, 9.17) is 4.52 Å². The molecule has 27 heavy (non-hydrogen) atoms. The predicted molar refractivity (Wildman–Crippen MR) is 95.6 cm³/mol. The number of likely N-dealkylation sites (tertiary alicyclic amines) is 1. The smallest absolute Gasteiger partial charge is 0.324 e. The molecule has 0 aromatic carbocycles. The van der Waals surface area contributed by atoms with Crippen LogP contribution < -0.4 is 5.32 Å². The van der Waals surface area contributed by atoms with Crippen molar-refractivity contribution in [3.05, 3.63) is 36.2 Å². The fourth-order valence-corrected chi connectivity index (χ4v) is 3.12. The van der Waals surface area contributed by atoms with E-state index in [2.05, 4.69) is 42.5 Å². The number of aromatic amines is 1. The standard InChI is InChI=1S/C17H20N8O2/c1-2-4-13-19-16(23-22-13)21-17(26)25-10-3-5-12(25)15-20-14(24-27-15)11-6-8-18-9-7-11/h6-9,12H,2-5,10H2,1H3,(H2,19,21,22,23,26). The van der Waals surface area contributed by atoms with Gasteiger partial charge in [0.15, 0.2) is 0 Å². The third-order valence-electron chi connectivity index (χ3n) is 4.42. The molecule has 1 unspecified atom stereocenters. The number of anilines is 1. The Morgan fingerprint density at radius 2 is 2.22 bits per heavy atom. The molecule has 3 aromatic rings. The van der Waals surface area contributed by atoms with Crippen LogP contribution in [0.15, 0.2) is 29.0 Å². The van der Waals surface area contributed by atoms with Crippen LogP contribution in [0.1, 0.15) is 43.9 Å². The van der Waals surface area contributed by atoms with Crippen LogP contribution >= 0.6 is 0 Å². The SMILES string of the molecule is CCCc1nc(NC(=O)N2CCCC2c2nc(-c3ccncc3)no2)n[nH]1. The summed E-state index contributed by atoms with van der Waals surface area (Å²) in [5.41, 5.74) is 0.818. The monoisotopic (exact) mass is 368 g/mol. The summed E-state index contributed by atoms with van der Waals surface area (Å²) in [6, 6.07) is 3.08. The molecule has 1 aliphatic heterocycles. The zero-order valence-corrected chi connectivity index (χ0v) is 14.9. The molecule has 4 heterocycles. The lowest BCUT2D eigenvalue weighted by atomic mass is 10.2. The third-order valence-corrected chi connectivity index (χ3v) is 4.42. The number of hydrogen-bond donors (Lipinski definition) is 2. The van der Waals surface area contributed by atoms with Gasteiger partial charge < -0.3 is 9.42 Å². The number of urea groups is 1. The summed E-state index contributed by atoms with van der Waals surface area (Å²) in [5.74, 6) is 1.94. The van der Waals surface area contributed by atoms with Gasteiger partial charge in [0, 0.05) is 30.9 Å². The first kappa shape index (κ1) is 17.1. The number of hydrogen-bond acceptors (Lipinski definition) is 7. The van der Waals surface area contributed by atoms with Gasteiger partial charge in [0.1, 0.15) is 11.9 Å². The summed E-state index contributed by atoms with van der Waals surface area (Å²) in [4.78, 5) is 27.1. The van der Waals surface area contributed by atoms with Gasteiger partial charge in [-0.2, -0.15) is 9.97 Å². The number of carbonyl (C=O) groups is 1. The normalized spacial score (nSPS) is 16.6. The van der Waals surface area contributed by atoms with Crippen molar-refractivity contribution in [1.82, 2.24) is 35.2 Å². The van der Waals surface area contributed by atoms with Crippen LogP contribution in [0.2, 0.25) is 0 Å². The van der Waals surface area contributed by atoms with Gasteiger partial charge in [-0.15, -0.1) is 5.10 Å². The summed E-state index contributed by atoms with van der Waals surface area (Å²) < 4.78 is 5.43. The van der Waals surface area contributed by atoms with E-state index in [-0.39, 0.29) is 18.0 Å². The van der Waals surface area contributed by atoms with E-state index in [9.17, 15) is 4.79 Å². The molecular formula is C17H20N8O2. The van der Waals surface area contributed by atoms with E-state index >= 15 is 0 Å². The molecule has 1 atom stereocenters. The molecule has 10 nitrogen and oxygen atoms in total. The van der Waals surface area contributed by atoms with Crippen molar-refractivity contribution in [1.29, 1.82) is 0 Å². The van der Waals surface area contributed by atoms with E-state index in [0.29, 0.717) is 18.3 Å². The van der Waals surface area contributed by atoms with Crippen LogP contribution in [0.25, 0.3) is 11.4 Å². The Balaban J connectivity index is 1.47. The van der Waals surface area contributed by atoms with Crippen LogP contribution in [0.5, 0.6) is 0 Å². The first-order valence-corrected chi connectivity index (χ1v) is 8.97. The number of rotatable bonds is 5. The van der Waals surface area contributed by atoms with Crippen molar-refractivity contribution in [3.63, 3.8) is 0 Å². The molecular weight excluding hydrogens is 348 g/mol. The number of H-pyrrole nitrogens is 1. The molecule has 0 bridgehead atoms. The maximum Gasteiger partial charge on any atom is 0.324 e. The molecule has 1 aliphatic rings. The maximum absolute atomic E-state index is 12.7. The molecule has 0 saturated carbocycles. The molecule has 10 heteroatoms. The second kappa shape index (κ2) is 7.52. The average Bonchev–Trinajstić information content (AvgIpc) is 3.43. The molecule has 2 N–H and O–H groups in total. The number of nitrogens with zero attached hydrogens (tertiary/aromatic N) is 6. The maximum atomic E-state index is 12.7. The van der Waals surface area contributed by atoms with Gasteiger partial charge in [-0.25, -0.2) is 4.79 Å². The van der Waals surface area contributed by atoms with Crippen LogP contribution in [-0.2, 0) is 6.42 Å². The quantitative estimate of drug-likeness (QED) is 0.709. The van der Waals surface area contributed by atoms with Crippen molar-refractivity contribution in [2.75, 3.05) is 11.9 Å². The highest BCUT2D eigenvalue weighted by atomic mass is 16.5. The highest BCUT2D eigenvalue weighted by molar-refractivity contribution is 5.87. The Bertz CT molecular complexity index is 907. The van der Waals surface area contributed by atoms with Crippen LogP contribution in [-0.4, -0.2) is 47.8 Å². The Kier molecular flexibility index (Phi) is 4.77. The zero-order chi connectivity index (χ0) is 18.6. The zero-order valence-electron chi connectivity index (χ0n) is 14.9. The first-order valence-electron chi connectivity index (χ1n) is 8.97. The highest BCUT2D eigenvalue weighted by Gasteiger charge is 2.34. The molecule has 2 amide bonds. The molecule has 4 rings (SSSR count). The molecule has 1 fully saturated rings. The first-order chi connectivity index (χ1) is 13.2. The number of aryl methyl sites for hydroxylation is 1. The number of nitrogens with one attached hydrogen (secondary N) is 2. The second-order valence-corrected chi connectivity index (χ2v) is 6.33. The second-order valence-electron chi connectivity index (χ2n) is 6.33. The van der Waals surface area contributed by atoms with Gasteiger partial charge in [-0.3, -0.25) is 15.4 Å². The minimum atomic E-state index is -0.275. The van der Waals surface area contributed by atoms with Crippen molar-refractivity contribution in [2.45, 2.75) is 38.6 Å². The van der Waals surface area contributed by atoms with E-state index in [0.717, 1.165) is 37.1 Å². The van der Waals surface area contributed by atoms with E-state index < -0.39 is 0 Å². The minimum absolute atomic E-state index is 0.262. The van der Waals surface area contributed by atoms with E-state index in [1.54, 1.807) is 17.3 Å². The Morgan fingerprint density at radius 3 is 3.04 bits per heavy atom. The summed E-state index contributed by atoms with van der Waals surface area (Å²) in [6.07, 6.45) is 6.71. The summed E-state index contributed by atoms with van der Waals surface area (Å²) >= 11 is 0. The number of carbonyl (C=O) groups excluding carboxylic acids is 1. The lowest BCUT2D eigenvalue weighted by molar-refractivity contribution is 0.193. The summed E-state index contributed by atoms with van der Waals surface area (Å²) in [6.45, 7) is 2.66. The topological polar surface area (TPSA) is 126 Å². The van der Waals surface area contributed by atoms with Crippen molar-refractivity contribution < 1.29 is 9.32 Å². The molecule has 1 saturated heterocycles. The van der Waals surface area contributed by atoms with Gasteiger partial charge in [0.05, 0.1) is 0 Å². The van der Waals surface area contributed by atoms with Gasteiger partial charge in [-0.05, 0) is 31.4 Å². The highest BCUT2D eigenvalue weighted by Crippen LogP contribution is 2.32. The molecule has 0 aliphatic carbocycles. The summed E-state index contributed by atoms with van der Waals surface area (Å²) in [7, 11) is 0. The number of amides is 2. The predicted octanol–water partition coefficient (Wildman–Crippen LogP) is 2.57. The lowest BCUT2D eigenvalue weighted by Crippen LogP contribution is -2.34.